The largest absolute Gasteiger partial charge is 0.354 e. The van der Waals surface area contributed by atoms with Crippen LogP contribution >= 0.6 is 0 Å². The van der Waals surface area contributed by atoms with Crippen LogP contribution in [-0.2, 0) is 0 Å². The van der Waals surface area contributed by atoms with E-state index >= 15 is 0 Å². The number of anilines is 2. The topological polar surface area (TPSA) is 58.3 Å². The molecule has 1 aliphatic heterocycles. The number of piperazine rings is 1. The molecule has 0 unspecified atom stereocenters. The van der Waals surface area contributed by atoms with E-state index in [4.69, 9.17) is 4.52 Å². The van der Waals surface area contributed by atoms with E-state index in [1.54, 1.807) is 6.20 Å². The first-order valence-electron chi connectivity index (χ1n) is 7.86. The van der Waals surface area contributed by atoms with Crippen LogP contribution in [0.1, 0.15) is 11.1 Å². The quantitative estimate of drug-likeness (QED) is 0.725. The lowest BCUT2D eigenvalue weighted by atomic mass is 10.2. The minimum Gasteiger partial charge on any atom is -0.354 e. The molecule has 1 aromatic carbocycles. The van der Waals surface area contributed by atoms with Gasteiger partial charge in [0.15, 0.2) is 17.2 Å². The van der Waals surface area contributed by atoms with Crippen LogP contribution in [0.5, 0.6) is 0 Å². The van der Waals surface area contributed by atoms with E-state index in [-0.39, 0.29) is 0 Å². The van der Waals surface area contributed by atoms with Crippen LogP contribution < -0.4 is 9.80 Å². The highest BCUT2D eigenvalue weighted by atomic mass is 16.5. The number of benzene rings is 1. The van der Waals surface area contributed by atoms with E-state index in [9.17, 15) is 0 Å². The van der Waals surface area contributed by atoms with Crippen molar-refractivity contribution in [1.82, 2.24) is 15.4 Å². The van der Waals surface area contributed by atoms with Crippen LogP contribution in [0.15, 0.2) is 35.0 Å². The first-order valence-corrected chi connectivity index (χ1v) is 7.86. The summed E-state index contributed by atoms with van der Waals surface area (Å²) < 4.78 is 5.48. The summed E-state index contributed by atoms with van der Waals surface area (Å²) in [5.74, 6) is 1.89. The third-order valence-electron chi connectivity index (χ3n) is 4.29. The summed E-state index contributed by atoms with van der Waals surface area (Å²) in [5.41, 5.74) is 3.17. The maximum atomic E-state index is 5.48. The van der Waals surface area contributed by atoms with E-state index in [0.29, 0.717) is 0 Å². The molecular weight excluding hydrogens is 290 g/mol. The van der Waals surface area contributed by atoms with Gasteiger partial charge in [-0.15, -0.1) is 5.10 Å². The molecular formula is C17H19N5O. The van der Waals surface area contributed by atoms with Gasteiger partial charge in [-0.2, -0.15) is 5.10 Å². The number of aromatic nitrogens is 3. The highest BCUT2D eigenvalue weighted by molar-refractivity contribution is 5.89. The molecule has 0 radical (unpaired) electrons. The van der Waals surface area contributed by atoms with Crippen molar-refractivity contribution in [3.8, 4) is 0 Å². The second kappa shape index (κ2) is 5.53. The van der Waals surface area contributed by atoms with Gasteiger partial charge in [0, 0.05) is 26.2 Å². The normalized spacial score (nSPS) is 15.4. The summed E-state index contributed by atoms with van der Waals surface area (Å²) in [6, 6.07) is 8.30. The van der Waals surface area contributed by atoms with Gasteiger partial charge in [0.1, 0.15) is 0 Å². The molecule has 0 N–H and O–H groups in total. The Morgan fingerprint density at radius 3 is 2.52 bits per heavy atom. The van der Waals surface area contributed by atoms with Gasteiger partial charge in [-0.05, 0) is 43.2 Å². The summed E-state index contributed by atoms with van der Waals surface area (Å²) in [5, 5.41) is 13.6. The van der Waals surface area contributed by atoms with Gasteiger partial charge in [0.2, 0.25) is 0 Å². The number of hydrogen-bond acceptors (Lipinski definition) is 6. The zero-order chi connectivity index (χ0) is 15.8. The number of aryl methyl sites for hydroxylation is 2. The number of fused-ring (bicyclic) bond motifs is 1. The minimum atomic E-state index is 0.854. The Balaban J connectivity index is 1.52. The van der Waals surface area contributed by atoms with Crippen LogP contribution in [-0.4, -0.2) is 41.5 Å². The Morgan fingerprint density at radius 1 is 0.957 bits per heavy atom. The Bertz CT molecular complexity index is 836. The van der Waals surface area contributed by atoms with Gasteiger partial charge in [-0.3, -0.25) is 0 Å². The van der Waals surface area contributed by atoms with Crippen molar-refractivity contribution in [1.29, 1.82) is 0 Å². The Kier molecular flexibility index (Phi) is 3.37. The van der Waals surface area contributed by atoms with Crippen molar-refractivity contribution in [2.24, 2.45) is 0 Å². The molecule has 6 nitrogen and oxygen atoms in total. The summed E-state index contributed by atoms with van der Waals surface area (Å²) in [6.45, 7) is 7.69. The Hall–Kier alpha value is -2.63. The maximum absolute atomic E-state index is 5.48. The molecule has 118 valence electrons. The molecule has 1 saturated heterocycles. The van der Waals surface area contributed by atoms with Crippen LogP contribution in [0.25, 0.3) is 11.0 Å². The second-order valence-electron chi connectivity index (χ2n) is 6.07. The molecule has 1 fully saturated rings. The van der Waals surface area contributed by atoms with Crippen molar-refractivity contribution >= 4 is 22.6 Å². The molecule has 0 amide bonds. The molecule has 4 rings (SSSR count). The predicted molar refractivity (Wildman–Crippen MR) is 89.9 cm³/mol. The molecule has 3 aromatic rings. The summed E-state index contributed by atoms with van der Waals surface area (Å²) in [4.78, 5) is 4.55. The van der Waals surface area contributed by atoms with E-state index in [1.807, 2.05) is 13.0 Å². The molecule has 23 heavy (non-hydrogen) atoms. The van der Waals surface area contributed by atoms with Crippen LogP contribution in [0.2, 0.25) is 0 Å². The smallest absolute Gasteiger partial charge is 0.180 e. The van der Waals surface area contributed by atoms with E-state index in [2.05, 4.69) is 50.3 Å². The molecule has 3 heterocycles. The van der Waals surface area contributed by atoms with Crippen LogP contribution in [0.3, 0.4) is 0 Å². The Morgan fingerprint density at radius 2 is 1.74 bits per heavy atom. The third-order valence-corrected chi connectivity index (χ3v) is 4.29. The fraction of sp³-hybridized carbons (Fsp3) is 0.353. The highest BCUT2D eigenvalue weighted by Crippen LogP contribution is 2.28. The maximum Gasteiger partial charge on any atom is 0.180 e. The monoisotopic (exact) mass is 309 g/mol. The lowest BCUT2D eigenvalue weighted by Gasteiger charge is -2.35. The fourth-order valence-electron chi connectivity index (χ4n) is 3.01. The van der Waals surface area contributed by atoms with Gasteiger partial charge in [0.25, 0.3) is 0 Å². The van der Waals surface area contributed by atoms with Gasteiger partial charge in [-0.25, -0.2) is 0 Å². The zero-order valence-corrected chi connectivity index (χ0v) is 13.4. The molecule has 0 bridgehead atoms. The van der Waals surface area contributed by atoms with Gasteiger partial charge in [-0.1, -0.05) is 11.2 Å². The van der Waals surface area contributed by atoms with Crippen molar-refractivity contribution in [2.45, 2.75) is 13.8 Å². The molecule has 0 atom stereocenters. The highest BCUT2D eigenvalue weighted by Gasteiger charge is 2.22. The molecule has 0 spiro atoms. The molecule has 6 heteroatoms. The summed E-state index contributed by atoms with van der Waals surface area (Å²) in [6.07, 6.45) is 1.78. The molecule has 2 aromatic heterocycles. The van der Waals surface area contributed by atoms with Crippen molar-refractivity contribution < 1.29 is 4.52 Å². The third kappa shape index (κ3) is 2.60. The Labute approximate surface area is 134 Å². The van der Waals surface area contributed by atoms with Crippen molar-refractivity contribution in [2.75, 3.05) is 36.0 Å². The first kappa shape index (κ1) is 14.0. The van der Waals surface area contributed by atoms with Gasteiger partial charge >= 0.3 is 0 Å². The standard InChI is InChI=1S/C17H19N5O/c1-12-3-4-14-15(9-12)23-20-17(14)22-7-5-21(6-8-22)16-10-13(2)11-18-19-16/h3-4,9-11H,5-8H2,1-2H3. The molecule has 0 aliphatic carbocycles. The number of hydrogen-bond donors (Lipinski definition) is 0. The number of nitrogens with zero attached hydrogens (tertiary/aromatic N) is 5. The summed E-state index contributed by atoms with van der Waals surface area (Å²) in [7, 11) is 0. The average Bonchev–Trinajstić information content (AvgIpc) is 2.98. The summed E-state index contributed by atoms with van der Waals surface area (Å²) >= 11 is 0. The van der Waals surface area contributed by atoms with Crippen molar-refractivity contribution in [3.05, 3.63) is 41.6 Å². The number of rotatable bonds is 2. The molecule has 0 saturated carbocycles. The van der Waals surface area contributed by atoms with Crippen LogP contribution in [0, 0.1) is 13.8 Å². The van der Waals surface area contributed by atoms with Gasteiger partial charge in [0.05, 0.1) is 11.6 Å². The van der Waals surface area contributed by atoms with Crippen LogP contribution in [0.4, 0.5) is 11.6 Å². The van der Waals surface area contributed by atoms with E-state index in [0.717, 1.165) is 54.3 Å². The minimum absolute atomic E-state index is 0.854. The molecule has 1 aliphatic rings. The zero-order valence-electron chi connectivity index (χ0n) is 13.4. The predicted octanol–water partition coefficient (Wildman–Crippen LogP) is 2.56. The van der Waals surface area contributed by atoms with Gasteiger partial charge < -0.3 is 14.3 Å². The average molecular weight is 309 g/mol. The van der Waals surface area contributed by atoms with E-state index < -0.39 is 0 Å². The lowest BCUT2D eigenvalue weighted by molar-refractivity contribution is 0.452. The SMILES string of the molecule is Cc1cnnc(N2CCN(c3noc4cc(C)ccc34)CC2)c1. The van der Waals surface area contributed by atoms with Crippen molar-refractivity contribution in [3.63, 3.8) is 0 Å². The lowest BCUT2D eigenvalue weighted by Crippen LogP contribution is -2.47. The first-order chi connectivity index (χ1) is 11.2. The second-order valence-corrected chi connectivity index (χ2v) is 6.07. The van der Waals surface area contributed by atoms with E-state index in [1.165, 1.54) is 5.56 Å². The fourth-order valence-corrected chi connectivity index (χ4v) is 3.01.